The summed E-state index contributed by atoms with van der Waals surface area (Å²) >= 11 is 3.15. The Morgan fingerprint density at radius 3 is 2.62 bits per heavy atom. The van der Waals surface area contributed by atoms with E-state index in [-0.39, 0.29) is 11.9 Å². The standard InChI is InChI=1S/C20H21N3OS2/c1-13-19(15-8-10-23(13)11-9-15)22-20(24)17-6-7-18(26-17)25-16-4-2-14(12-21)3-5-16/h2-7,13,15,19H,8-11H2,1H3,(H,22,24). The van der Waals surface area contributed by atoms with Gasteiger partial charge in [-0.25, -0.2) is 0 Å². The predicted octanol–water partition coefficient (Wildman–Crippen LogP) is 3.98. The maximum atomic E-state index is 12.7. The van der Waals surface area contributed by atoms with E-state index >= 15 is 0 Å². The molecule has 26 heavy (non-hydrogen) atoms. The minimum absolute atomic E-state index is 0.0484. The average Bonchev–Trinajstić information content (AvgIpc) is 3.14. The van der Waals surface area contributed by atoms with E-state index in [1.807, 2.05) is 36.4 Å². The third-order valence-corrected chi connectivity index (χ3v) is 7.71. The van der Waals surface area contributed by atoms with Gasteiger partial charge in [-0.2, -0.15) is 5.26 Å². The normalized spacial score (nSPS) is 27.1. The van der Waals surface area contributed by atoms with Gasteiger partial charge in [-0.15, -0.1) is 11.3 Å². The lowest BCUT2D eigenvalue weighted by Gasteiger charge is -2.49. The fourth-order valence-electron chi connectivity index (χ4n) is 3.98. The molecule has 0 spiro atoms. The molecule has 6 heteroatoms. The quantitative estimate of drug-likeness (QED) is 0.867. The van der Waals surface area contributed by atoms with Crippen LogP contribution in [-0.4, -0.2) is 36.0 Å². The van der Waals surface area contributed by atoms with Crippen molar-refractivity contribution in [1.29, 1.82) is 5.26 Å². The summed E-state index contributed by atoms with van der Waals surface area (Å²) < 4.78 is 1.09. The number of piperidine rings is 3. The third-order valence-electron chi connectivity index (χ3n) is 5.48. The number of nitrogens with zero attached hydrogens (tertiary/aromatic N) is 2. The van der Waals surface area contributed by atoms with Crippen LogP contribution in [0.15, 0.2) is 45.5 Å². The predicted molar refractivity (Wildman–Crippen MR) is 105 cm³/mol. The number of hydrogen-bond donors (Lipinski definition) is 1. The van der Waals surface area contributed by atoms with E-state index < -0.39 is 0 Å². The highest BCUT2D eigenvalue weighted by Crippen LogP contribution is 2.35. The van der Waals surface area contributed by atoms with Gasteiger partial charge >= 0.3 is 0 Å². The van der Waals surface area contributed by atoms with Crippen LogP contribution < -0.4 is 5.32 Å². The van der Waals surface area contributed by atoms with Crippen LogP contribution >= 0.6 is 23.1 Å². The molecular formula is C20H21N3OS2. The maximum Gasteiger partial charge on any atom is 0.261 e. The molecule has 2 unspecified atom stereocenters. The Morgan fingerprint density at radius 2 is 1.96 bits per heavy atom. The second-order valence-electron chi connectivity index (χ2n) is 6.97. The summed E-state index contributed by atoms with van der Waals surface area (Å²) in [6.07, 6.45) is 2.39. The zero-order chi connectivity index (χ0) is 18.1. The first-order valence-corrected chi connectivity index (χ1v) is 10.6. The van der Waals surface area contributed by atoms with Crippen LogP contribution in [0.4, 0.5) is 0 Å². The Labute approximate surface area is 162 Å². The number of carbonyl (C=O) groups excluding carboxylic acids is 1. The highest BCUT2D eigenvalue weighted by atomic mass is 32.2. The van der Waals surface area contributed by atoms with Gasteiger partial charge in [-0.05, 0) is 75.2 Å². The van der Waals surface area contributed by atoms with Gasteiger partial charge in [0.05, 0.1) is 20.7 Å². The Hall–Kier alpha value is -1.81. The third kappa shape index (κ3) is 3.52. The van der Waals surface area contributed by atoms with Gasteiger partial charge in [0.1, 0.15) is 0 Å². The minimum Gasteiger partial charge on any atom is -0.347 e. The molecule has 2 aromatic rings. The summed E-state index contributed by atoms with van der Waals surface area (Å²) in [4.78, 5) is 17.1. The van der Waals surface area contributed by atoms with Gasteiger partial charge < -0.3 is 5.32 Å². The van der Waals surface area contributed by atoms with Gasteiger partial charge in [0.2, 0.25) is 0 Å². The second-order valence-corrected chi connectivity index (χ2v) is 9.43. The molecule has 2 bridgehead atoms. The fourth-order valence-corrected chi connectivity index (χ4v) is 5.98. The lowest BCUT2D eigenvalue weighted by atomic mass is 9.79. The summed E-state index contributed by atoms with van der Waals surface area (Å²) in [6, 6.07) is 14.3. The molecule has 4 nitrogen and oxygen atoms in total. The molecule has 3 aliphatic heterocycles. The van der Waals surface area contributed by atoms with Crippen molar-refractivity contribution in [3.63, 3.8) is 0 Å². The number of nitriles is 1. The molecule has 1 aromatic carbocycles. The molecule has 0 saturated carbocycles. The van der Waals surface area contributed by atoms with E-state index in [1.165, 1.54) is 37.3 Å². The van der Waals surface area contributed by atoms with Crippen LogP contribution in [-0.2, 0) is 0 Å². The van der Waals surface area contributed by atoms with Crippen LogP contribution in [0.5, 0.6) is 0 Å². The van der Waals surface area contributed by atoms with E-state index in [0.717, 1.165) is 14.0 Å². The highest BCUT2D eigenvalue weighted by Gasteiger charge is 2.40. The number of hydrogen-bond acceptors (Lipinski definition) is 5. The summed E-state index contributed by atoms with van der Waals surface area (Å²) in [5.74, 6) is 0.665. The van der Waals surface area contributed by atoms with Gasteiger partial charge in [-0.3, -0.25) is 9.69 Å². The molecule has 0 aliphatic carbocycles. The van der Waals surface area contributed by atoms with Gasteiger partial charge in [0, 0.05) is 17.0 Å². The molecule has 2 atom stereocenters. The lowest BCUT2D eigenvalue weighted by Crippen LogP contribution is -2.62. The van der Waals surface area contributed by atoms with Crippen molar-refractivity contribution >= 4 is 29.0 Å². The molecule has 1 aromatic heterocycles. The molecule has 3 saturated heterocycles. The van der Waals surface area contributed by atoms with Crippen molar-refractivity contribution in [2.24, 2.45) is 5.92 Å². The molecular weight excluding hydrogens is 362 g/mol. The van der Waals surface area contributed by atoms with Crippen molar-refractivity contribution in [3.8, 4) is 6.07 Å². The Bertz CT molecular complexity index is 829. The first-order valence-electron chi connectivity index (χ1n) is 8.97. The average molecular weight is 384 g/mol. The number of benzene rings is 1. The van der Waals surface area contributed by atoms with E-state index in [2.05, 4.69) is 23.2 Å². The molecule has 3 fully saturated rings. The zero-order valence-corrected chi connectivity index (χ0v) is 16.3. The van der Waals surface area contributed by atoms with Crippen LogP contribution in [0.2, 0.25) is 0 Å². The number of fused-ring (bicyclic) bond motifs is 3. The van der Waals surface area contributed by atoms with E-state index in [4.69, 9.17) is 5.26 Å². The maximum absolute atomic E-state index is 12.7. The van der Waals surface area contributed by atoms with Crippen LogP contribution in [0.25, 0.3) is 0 Å². The molecule has 4 heterocycles. The monoisotopic (exact) mass is 383 g/mol. The number of rotatable bonds is 4. The summed E-state index contributed by atoms with van der Waals surface area (Å²) in [5, 5.41) is 12.2. The van der Waals surface area contributed by atoms with Gasteiger partial charge in [0.15, 0.2) is 0 Å². The SMILES string of the molecule is CC1C(NC(=O)c2ccc(Sc3ccc(C#N)cc3)s2)C2CCN1CC2. The second kappa shape index (κ2) is 7.43. The Morgan fingerprint density at radius 1 is 1.23 bits per heavy atom. The molecule has 0 radical (unpaired) electrons. The van der Waals surface area contributed by atoms with Gasteiger partial charge in [-0.1, -0.05) is 11.8 Å². The Kier molecular flexibility index (Phi) is 5.03. The van der Waals surface area contributed by atoms with Crippen molar-refractivity contribution in [2.45, 2.75) is 41.0 Å². The molecule has 1 amide bonds. The Balaban J connectivity index is 1.40. The minimum atomic E-state index is 0.0484. The van der Waals surface area contributed by atoms with Crippen molar-refractivity contribution in [1.82, 2.24) is 10.2 Å². The van der Waals surface area contributed by atoms with Crippen LogP contribution in [0, 0.1) is 17.2 Å². The van der Waals surface area contributed by atoms with Crippen molar-refractivity contribution in [3.05, 3.63) is 46.8 Å². The van der Waals surface area contributed by atoms with E-state index in [0.29, 0.717) is 17.5 Å². The van der Waals surface area contributed by atoms with Crippen LogP contribution in [0.1, 0.15) is 35.0 Å². The molecule has 134 valence electrons. The molecule has 1 N–H and O–H groups in total. The van der Waals surface area contributed by atoms with E-state index in [1.54, 1.807) is 11.8 Å². The zero-order valence-electron chi connectivity index (χ0n) is 14.6. The number of thiophene rings is 1. The highest BCUT2D eigenvalue weighted by molar-refractivity contribution is 8.01. The number of nitrogens with one attached hydrogen (secondary N) is 1. The largest absolute Gasteiger partial charge is 0.347 e. The number of carbonyl (C=O) groups is 1. The van der Waals surface area contributed by atoms with Crippen molar-refractivity contribution < 1.29 is 4.79 Å². The summed E-state index contributed by atoms with van der Waals surface area (Å²) in [6.45, 7) is 4.57. The molecule has 5 rings (SSSR count). The topological polar surface area (TPSA) is 56.1 Å². The fraction of sp³-hybridized carbons (Fsp3) is 0.400. The van der Waals surface area contributed by atoms with Gasteiger partial charge in [0.25, 0.3) is 5.91 Å². The van der Waals surface area contributed by atoms with Crippen LogP contribution in [0.3, 0.4) is 0 Å². The summed E-state index contributed by atoms with van der Waals surface area (Å²) in [7, 11) is 0. The number of amides is 1. The first-order chi connectivity index (χ1) is 12.6. The smallest absolute Gasteiger partial charge is 0.261 e. The summed E-state index contributed by atoms with van der Waals surface area (Å²) in [5.41, 5.74) is 0.659. The lowest BCUT2D eigenvalue weighted by molar-refractivity contribution is 0.0218. The van der Waals surface area contributed by atoms with E-state index in [9.17, 15) is 4.79 Å². The van der Waals surface area contributed by atoms with Crippen molar-refractivity contribution in [2.75, 3.05) is 13.1 Å². The molecule has 3 aliphatic rings. The first kappa shape index (κ1) is 17.6.